The van der Waals surface area contributed by atoms with Gasteiger partial charge < -0.3 is 10.2 Å². The maximum absolute atomic E-state index is 12.1. The average molecular weight is 224 g/mol. The maximum Gasteiger partial charge on any atom is 0.164 e. The second kappa shape index (κ2) is 5.70. The zero-order valence-corrected chi connectivity index (χ0v) is 8.27. The molecule has 0 heterocycles. The van der Waals surface area contributed by atoms with Gasteiger partial charge >= 0.3 is 0 Å². The molecule has 0 saturated carbocycles. The number of halogens is 2. The van der Waals surface area contributed by atoms with E-state index in [1.54, 1.807) is 6.07 Å². The summed E-state index contributed by atoms with van der Waals surface area (Å²) in [5, 5.41) is 17.1. The molecule has 84 valence electrons. The van der Waals surface area contributed by atoms with Crippen LogP contribution in [0.2, 0.25) is 0 Å². The molecule has 4 heteroatoms. The molecular formula is C12H10F2O2. The minimum Gasteiger partial charge on any atom is -0.508 e. The Labute approximate surface area is 91.4 Å². The summed E-state index contributed by atoms with van der Waals surface area (Å²) in [6.45, 7) is 0. The van der Waals surface area contributed by atoms with Gasteiger partial charge in [0, 0.05) is 6.07 Å². The van der Waals surface area contributed by atoms with Crippen molar-refractivity contribution < 1.29 is 19.0 Å². The topological polar surface area (TPSA) is 40.5 Å². The van der Waals surface area contributed by atoms with Gasteiger partial charge in [-0.3, -0.25) is 0 Å². The Balaban J connectivity index is 0.000000160. The Morgan fingerprint density at radius 3 is 1.88 bits per heavy atom. The van der Waals surface area contributed by atoms with Crippen LogP contribution >= 0.6 is 0 Å². The van der Waals surface area contributed by atoms with Crippen LogP contribution in [-0.4, -0.2) is 10.2 Å². The normalized spacial score (nSPS) is 9.12. The second-order valence-corrected chi connectivity index (χ2v) is 2.93. The highest BCUT2D eigenvalue weighted by molar-refractivity contribution is 5.21. The minimum absolute atomic E-state index is 0.0370. The van der Waals surface area contributed by atoms with Gasteiger partial charge in [0.2, 0.25) is 0 Å². The van der Waals surface area contributed by atoms with Crippen molar-refractivity contribution in [3.8, 4) is 11.5 Å². The molecule has 2 aromatic rings. The van der Waals surface area contributed by atoms with E-state index < -0.39 is 11.6 Å². The number of aromatic hydroxyl groups is 2. The highest BCUT2D eigenvalue weighted by Gasteiger charge is 1.92. The van der Waals surface area contributed by atoms with Crippen molar-refractivity contribution in [2.75, 3.05) is 0 Å². The van der Waals surface area contributed by atoms with Gasteiger partial charge in [0.05, 0.1) is 0 Å². The van der Waals surface area contributed by atoms with Gasteiger partial charge in [0.1, 0.15) is 11.6 Å². The van der Waals surface area contributed by atoms with E-state index in [4.69, 9.17) is 10.2 Å². The lowest BCUT2D eigenvalue weighted by molar-refractivity contribution is 0.432. The van der Waals surface area contributed by atoms with Crippen LogP contribution in [0.4, 0.5) is 8.78 Å². The van der Waals surface area contributed by atoms with E-state index in [0.29, 0.717) is 0 Å². The molecule has 0 radical (unpaired) electrons. The van der Waals surface area contributed by atoms with Crippen LogP contribution in [0.15, 0.2) is 48.5 Å². The second-order valence-electron chi connectivity index (χ2n) is 2.93. The molecule has 2 N–H and O–H groups in total. The lowest BCUT2D eigenvalue weighted by Crippen LogP contribution is -1.70. The highest BCUT2D eigenvalue weighted by Crippen LogP contribution is 2.11. The van der Waals surface area contributed by atoms with E-state index >= 15 is 0 Å². The first-order chi connectivity index (χ1) is 7.59. The van der Waals surface area contributed by atoms with Gasteiger partial charge in [-0.05, 0) is 24.3 Å². The van der Waals surface area contributed by atoms with Gasteiger partial charge in [0.15, 0.2) is 11.6 Å². The van der Waals surface area contributed by atoms with Gasteiger partial charge in [-0.25, -0.2) is 8.78 Å². The largest absolute Gasteiger partial charge is 0.508 e. The molecule has 0 aliphatic rings. The number of phenols is 2. The summed E-state index contributed by atoms with van der Waals surface area (Å²) < 4.78 is 24.1. The zero-order valence-electron chi connectivity index (χ0n) is 8.27. The third kappa shape index (κ3) is 3.96. The summed E-state index contributed by atoms with van der Waals surface area (Å²) in [5.41, 5.74) is 0. The molecule has 0 saturated heterocycles. The first-order valence-corrected chi connectivity index (χ1v) is 4.47. The third-order valence-electron chi connectivity index (χ3n) is 1.66. The molecule has 2 aromatic carbocycles. The van der Waals surface area contributed by atoms with E-state index in [2.05, 4.69) is 0 Å². The molecule has 0 atom stereocenters. The predicted octanol–water partition coefficient (Wildman–Crippen LogP) is 3.06. The summed E-state index contributed by atoms with van der Waals surface area (Å²) in [7, 11) is 0. The maximum atomic E-state index is 12.1. The average Bonchev–Trinajstić information content (AvgIpc) is 2.23. The van der Waals surface area contributed by atoms with Gasteiger partial charge in [-0.15, -0.1) is 0 Å². The number of rotatable bonds is 0. The standard InChI is InChI=1S/2C6H5FO/c7-5-2-1-3-6(8)4-5;7-5-3-1-2-4-6(5)8/h2*1-4,8H. The zero-order chi connectivity index (χ0) is 12.0. The van der Waals surface area contributed by atoms with E-state index in [-0.39, 0.29) is 11.5 Å². The van der Waals surface area contributed by atoms with Gasteiger partial charge in [-0.2, -0.15) is 0 Å². The molecule has 0 unspecified atom stereocenters. The van der Waals surface area contributed by atoms with Crippen LogP contribution in [0.5, 0.6) is 11.5 Å². The Hall–Kier alpha value is -2.10. The SMILES string of the molecule is Oc1cccc(F)c1.Oc1ccccc1F. The molecule has 0 aromatic heterocycles. The van der Waals surface area contributed by atoms with E-state index in [9.17, 15) is 8.78 Å². The fraction of sp³-hybridized carbons (Fsp3) is 0. The van der Waals surface area contributed by atoms with E-state index in [0.717, 1.165) is 6.07 Å². The molecule has 0 aliphatic heterocycles. The summed E-state index contributed by atoms with van der Waals surface area (Å²) in [4.78, 5) is 0. The number of benzene rings is 2. The Bertz CT molecular complexity index is 420. The fourth-order valence-electron chi connectivity index (χ4n) is 0.928. The third-order valence-corrected chi connectivity index (χ3v) is 1.66. The van der Waals surface area contributed by atoms with E-state index in [1.807, 2.05) is 0 Å². The molecule has 0 fully saturated rings. The van der Waals surface area contributed by atoms with Crippen molar-refractivity contribution in [1.29, 1.82) is 0 Å². The lowest BCUT2D eigenvalue weighted by atomic mass is 10.3. The van der Waals surface area contributed by atoms with Crippen molar-refractivity contribution in [3.05, 3.63) is 60.2 Å². The lowest BCUT2D eigenvalue weighted by Gasteiger charge is -1.88. The molecule has 16 heavy (non-hydrogen) atoms. The highest BCUT2D eigenvalue weighted by atomic mass is 19.1. The molecule has 2 nitrogen and oxygen atoms in total. The summed E-state index contributed by atoms with van der Waals surface area (Å²) in [6.07, 6.45) is 0. The van der Waals surface area contributed by atoms with Crippen molar-refractivity contribution in [3.63, 3.8) is 0 Å². The van der Waals surface area contributed by atoms with Crippen LogP contribution in [0.1, 0.15) is 0 Å². The number of hydrogen-bond donors (Lipinski definition) is 2. The fourth-order valence-corrected chi connectivity index (χ4v) is 0.928. The van der Waals surface area contributed by atoms with Crippen molar-refractivity contribution in [2.45, 2.75) is 0 Å². The molecule has 0 bridgehead atoms. The smallest absolute Gasteiger partial charge is 0.164 e. The van der Waals surface area contributed by atoms with Gasteiger partial charge in [0.25, 0.3) is 0 Å². The monoisotopic (exact) mass is 224 g/mol. The van der Waals surface area contributed by atoms with Crippen LogP contribution in [0, 0.1) is 11.6 Å². The number of para-hydroxylation sites is 1. The first-order valence-electron chi connectivity index (χ1n) is 4.47. The molecule has 0 aliphatic carbocycles. The predicted molar refractivity (Wildman–Crippen MR) is 56.1 cm³/mol. The molecule has 0 amide bonds. The van der Waals surface area contributed by atoms with Crippen LogP contribution in [-0.2, 0) is 0 Å². The number of phenolic OH excluding ortho intramolecular Hbond substituents is 2. The summed E-state index contributed by atoms with van der Waals surface area (Å²) >= 11 is 0. The molecule has 2 rings (SSSR count). The summed E-state index contributed by atoms with van der Waals surface area (Å²) in [5.74, 6) is -1.32. The summed E-state index contributed by atoms with van der Waals surface area (Å²) in [6, 6.07) is 10.8. The Morgan fingerprint density at radius 2 is 1.50 bits per heavy atom. The first kappa shape index (κ1) is 12.0. The Morgan fingerprint density at radius 1 is 0.812 bits per heavy atom. The van der Waals surface area contributed by atoms with E-state index in [1.165, 1.54) is 36.4 Å². The van der Waals surface area contributed by atoms with Crippen molar-refractivity contribution in [2.24, 2.45) is 0 Å². The molecular weight excluding hydrogens is 214 g/mol. The number of hydrogen-bond acceptors (Lipinski definition) is 2. The minimum atomic E-state index is -0.576. The van der Waals surface area contributed by atoms with Crippen LogP contribution in [0.3, 0.4) is 0 Å². The quantitative estimate of drug-likeness (QED) is 0.722. The van der Waals surface area contributed by atoms with Crippen LogP contribution < -0.4 is 0 Å². The van der Waals surface area contributed by atoms with Crippen molar-refractivity contribution >= 4 is 0 Å². The van der Waals surface area contributed by atoms with Crippen molar-refractivity contribution in [1.82, 2.24) is 0 Å². The van der Waals surface area contributed by atoms with Gasteiger partial charge in [-0.1, -0.05) is 18.2 Å². The molecule has 0 spiro atoms. The van der Waals surface area contributed by atoms with Crippen LogP contribution in [0.25, 0.3) is 0 Å². The Kier molecular flexibility index (Phi) is 4.27.